The van der Waals surface area contributed by atoms with E-state index in [0.29, 0.717) is 18.7 Å². The van der Waals surface area contributed by atoms with Gasteiger partial charge in [-0.25, -0.2) is 9.78 Å². The van der Waals surface area contributed by atoms with Gasteiger partial charge in [-0.15, -0.1) is 0 Å². The van der Waals surface area contributed by atoms with Crippen LogP contribution in [-0.2, 0) is 11.2 Å². The Morgan fingerprint density at radius 3 is 2.83 bits per heavy atom. The topological polar surface area (TPSA) is 43.6 Å². The number of halogens is 1. The predicted octanol–water partition coefficient (Wildman–Crippen LogP) is 3.14. The van der Waals surface area contributed by atoms with E-state index in [1.165, 1.54) is 0 Å². The Bertz CT molecular complexity index is 605. The number of ether oxygens (including phenoxy) is 1. The van der Waals surface area contributed by atoms with Crippen LogP contribution in [0.4, 0.5) is 0 Å². The minimum absolute atomic E-state index is 0.320. The van der Waals surface area contributed by atoms with Gasteiger partial charge in [0.05, 0.1) is 12.3 Å². The van der Waals surface area contributed by atoms with Crippen LogP contribution in [-0.4, -0.2) is 22.0 Å². The van der Waals surface area contributed by atoms with E-state index in [9.17, 15) is 4.79 Å². The first-order valence-electron chi connectivity index (χ1n) is 5.92. The second-order valence-electron chi connectivity index (χ2n) is 4.02. The SMILES string of the molecule is CCOC(=O)c1c(CC)nc2c(C)cc(Br)cn12. The lowest BCUT2D eigenvalue weighted by atomic mass is 10.2. The Morgan fingerprint density at radius 2 is 2.22 bits per heavy atom. The van der Waals surface area contributed by atoms with Crippen molar-refractivity contribution in [1.82, 2.24) is 9.38 Å². The second kappa shape index (κ2) is 5.10. The van der Waals surface area contributed by atoms with Crippen molar-refractivity contribution < 1.29 is 9.53 Å². The van der Waals surface area contributed by atoms with Crippen LogP contribution in [0, 0.1) is 6.92 Å². The molecule has 2 heterocycles. The number of hydrogen-bond donors (Lipinski definition) is 0. The van der Waals surface area contributed by atoms with E-state index in [2.05, 4.69) is 20.9 Å². The van der Waals surface area contributed by atoms with Gasteiger partial charge < -0.3 is 4.74 Å². The molecule has 0 saturated carbocycles. The maximum Gasteiger partial charge on any atom is 0.357 e. The Kier molecular flexibility index (Phi) is 3.71. The molecule has 0 aliphatic heterocycles. The maximum atomic E-state index is 12.0. The molecule has 2 rings (SSSR count). The number of carbonyl (C=O) groups is 1. The fourth-order valence-electron chi connectivity index (χ4n) is 1.98. The Labute approximate surface area is 114 Å². The molecule has 0 atom stereocenters. The van der Waals surface area contributed by atoms with Gasteiger partial charge in [0.15, 0.2) is 5.69 Å². The van der Waals surface area contributed by atoms with E-state index >= 15 is 0 Å². The van der Waals surface area contributed by atoms with E-state index in [-0.39, 0.29) is 5.97 Å². The molecule has 2 aromatic rings. The maximum absolute atomic E-state index is 12.0. The molecule has 0 aromatic carbocycles. The zero-order chi connectivity index (χ0) is 13.3. The molecule has 96 valence electrons. The van der Waals surface area contributed by atoms with Gasteiger partial charge in [0, 0.05) is 10.7 Å². The minimum Gasteiger partial charge on any atom is -0.461 e. The van der Waals surface area contributed by atoms with Gasteiger partial charge in [0.2, 0.25) is 0 Å². The van der Waals surface area contributed by atoms with Crippen molar-refractivity contribution >= 4 is 27.5 Å². The molecule has 0 radical (unpaired) electrons. The summed E-state index contributed by atoms with van der Waals surface area (Å²) < 4.78 is 7.82. The van der Waals surface area contributed by atoms with Gasteiger partial charge in [-0.1, -0.05) is 6.92 Å². The average molecular weight is 311 g/mol. The van der Waals surface area contributed by atoms with Crippen molar-refractivity contribution in [3.63, 3.8) is 0 Å². The van der Waals surface area contributed by atoms with Crippen molar-refractivity contribution in [2.45, 2.75) is 27.2 Å². The van der Waals surface area contributed by atoms with Crippen LogP contribution in [0.25, 0.3) is 5.65 Å². The number of pyridine rings is 1. The Hall–Kier alpha value is -1.36. The first-order chi connectivity index (χ1) is 8.58. The molecule has 18 heavy (non-hydrogen) atoms. The third kappa shape index (κ3) is 2.14. The van der Waals surface area contributed by atoms with E-state index in [1.54, 1.807) is 11.3 Å². The van der Waals surface area contributed by atoms with Crippen molar-refractivity contribution in [2.75, 3.05) is 6.61 Å². The van der Waals surface area contributed by atoms with Crippen LogP contribution in [0.15, 0.2) is 16.7 Å². The summed E-state index contributed by atoms with van der Waals surface area (Å²) in [4.78, 5) is 16.5. The molecule has 4 nitrogen and oxygen atoms in total. The highest BCUT2D eigenvalue weighted by Gasteiger charge is 2.20. The number of aromatic nitrogens is 2. The average Bonchev–Trinajstić information content (AvgIpc) is 2.68. The molecule has 0 amide bonds. The van der Waals surface area contributed by atoms with Crippen LogP contribution >= 0.6 is 15.9 Å². The van der Waals surface area contributed by atoms with Crippen molar-refractivity contribution in [3.8, 4) is 0 Å². The number of aryl methyl sites for hydroxylation is 2. The standard InChI is InChI=1S/C13H15BrN2O2/c1-4-10-11(13(17)18-5-2)16-7-9(14)6-8(3)12(16)15-10/h6-7H,4-5H2,1-3H3. The highest BCUT2D eigenvalue weighted by molar-refractivity contribution is 9.10. The van der Waals surface area contributed by atoms with Crippen molar-refractivity contribution in [2.24, 2.45) is 0 Å². The van der Waals surface area contributed by atoms with E-state index < -0.39 is 0 Å². The highest BCUT2D eigenvalue weighted by atomic mass is 79.9. The highest BCUT2D eigenvalue weighted by Crippen LogP contribution is 2.21. The summed E-state index contributed by atoms with van der Waals surface area (Å²) >= 11 is 3.44. The minimum atomic E-state index is -0.320. The number of hydrogen-bond acceptors (Lipinski definition) is 3. The smallest absolute Gasteiger partial charge is 0.357 e. The van der Waals surface area contributed by atoms with Crippen LogP contribution in [0.5, 0.6) is 0 Å². The molecular weight excluding hydrogens is 296 g/mol. The quantitative estimate of drug-likeness (QED) is 0.818. The lowest BCUT2D eigenvalue weighted by Gasteiger charge is -2.05. The third-order valence-electron chi connectivity index (χ3n) is 2.75. The van der Waals surface area contributed by atoms with Gasteiger partial charge in [-0.3, -0.25) is 4.40 Å². The van der Waals surface area contributed by atoms with E-state index in [4.69, 9.17) is 4.74 Å². The number of fused-ring (bicyclic) bond motifs is 1. The molecule has 0 spiro atoms. The van der Waals surface area contributed by atoms with Crippen LogP contribution in [0.2, 0.25) is 0 Å². The molecule has 2 aromatic heterocycles. The van der Waals surface area contributed by atoms with Crippen molar-refractivity contribution in [1.29, 1.82) is 0 Å². The lowest BCUT2D eigenvalue weighted by molar-refractivity contribution is 0.0517. The summed E-state index contributed by atoms with van der Waals surface area (Å²) in [5.41, 5.74) is 3.13. The second-order valence-corrected chi connectivity index (χ2v) is 4.93. The zero-order valence-corrected chi connectivity index (χ0v) is 12.2. The predicted molar refractivity (Wildman–Crippen MR) is 73.0 cm³/mol. The van der Waals surface area contributed by atoms with Crippen LogP contribution in [0.3, 0.4) is 0 Å². The number of nitrogens with zero attached hydrogens (tertiary/aromatic N) is 2. The number of imidazole rings is 1. The summed E-state index contributed by atoms with van der Waals surface area (Å²) in [6.07, 6.45) is 2.55. The summed E-state index contributed by atoms with van der Waals surface area (Å²) in [5, 5.41) is 0. The molecule has 0 N–H and O–H groups in total. The van der Waals surface area contributed by atoms with Crippen LogP contribution in [0.1, 0.15) is 35.6 Å². The van der Waals surface area contributed by atoms with Crippen molar-refractivity contribution in [3.05, 3.63) is 33.7 Å². The monoisotopic (exact) mass is 310 g/mol. The number of carbonyl (C=O) groups excluding carboxylic acids is 1. The van der Waals surface area contributed by atoms with Gasteiger partial charge in [-0.05, 0) is 47.8 Å². The first kappa shape index (κ1) is 13.1. The molecule has 0 saturated heterocycles. The number of esters is 1. The third-order valence-corrected chi connectivity index (χ3v) is 3.18. The largest absolute Gasteiger partial charge is 0.461 e. The normalized spacial score (nSPS) is 10.9. The van der Waals surface area contributed by atoms with Gasteiger partial charge in [0.1, 0.15) is 5.65 Å². The molecule has 0 aliphatic rings. The molecular formula is C13H15BrN2O2. The Morgan fingerprint density at radius 1 is 1.50 bits per heavy atom. The van der Waals surface area contributed by atoms with E-state index in [0.717, 1.165) is 21.4 Å². The van der Waals surface area contributed by atoms with Gasteiger partial charge in [0.25, 0.3) is 0 Å². The summed E-state index contributed by atoms with van der Waals surface area (Å²) in [7, 11) is 0. The summed E-state index contributed by atoms with van der Waals surface area (Å²) in [6.45, 7) is 6.12. The molecule has 0 fully saturated rings. The van der Waals surface area contributed by atoms with Gasteiger partial charge in [-0.2, -0.15) is 0 Å². The van der Waals surface area contributed by atoms with Gasteiger partial charge >= 0.3 is 5.97 Å². The molecule has 5 heteroatoms. The fraction of sp³-hybridized carbons (Fsp3) is 0.385. The summed E-state index contributed by atoms with van der Waals surface area (Å²) in [5.74, 6) is -0.320. The Balaban J connectivity index is 2.72. The molecule has 0 unspecified atom stereocenters. The lowest BCUT2D eigenvalue weighted by Crippen LogP contribution is -2.10. The number of rotatable bonds is 3. The zero-order valence-electron chi connectivity index (χ0n) is 10.7. The fourth-order valence-corrected chi connectivity index (χ4v) is 2.53. The first-order valence-corrected chi connectivity index (χ1v) is 6.72. The van der Waals surface area contributed by atoms with E-state index in [1.807, 2.05) is 26.1 Å². The summed E-state index contributed by atoms with van der Waals surface area (Å²) in [6, 6.07) is 1.98. The molecule has 0 bridgehead atoms. The molecule has 0 aliphatic carbocycles. The van der Waals surface area contributed by atoms with Crippen LogP contribution < -0.4 is 0 Å².